The van der Waals surface area contributed by atoms with Gasteiger partial charge in [-0.15, -0.1) is 0 Å². The van der Waals surface area contributed by atoms with Gasteiger partial charge in [-0.2, -0.15) is 4.98 Å². The molecule has 2 aromatic carbocycles. The number of ether oxygens (including phenoxy) is 2. The molecule has 2 heterocycles. The molecule has 1 aliphatic rings. The fourth-order valence-corrected chi connectivity index (χ4v) is 3.24. The molecule has 0 N–H and O–H groups in total. The monoisotopic (exact) mass is 365 g/mol. The van der Waals surface area contributed by atoms with E-state index < -0.39 is 0 Å². The molecule has 0 radical (unpaired) electrons. The highest BCUT2D eigenvalue weighted by atomic mass is 16.5. The van der Waals surface area contributed by atoms with Crippen LogP contribution in [0.25, 0.3) is 11.4 Å². The second kappa shape index (κ2) is 7.11. The Balaban J connectivity index is 1.57. The lowest BCUT2D eigenvalue weighted by molar-refractivity contribution is -0.117. The molecule has 0 bridgehead atoms. The van der Waals surface area contributed by atoms with Crippen molar-refractivity contribution in [3.63, 3.8) is 0 Å². The van der Waals surface area contributed by atoms with Crippen molar-refractivity contribution in [2.24, 2.45) is 0 Å². The van der Waals surface area contributed by atoms with Gasteiger partial charge >= 0.3 is 0 Å². The Kier molecular flexibility index (Phi) is 4.50. The summed E-state index contributed by atoms with van der Waals surface area (Å²) in [6, 6.07) is 14.9. The van der Waals surface area contributed by atoms with Gasteiger partial charge in [0.2, 0.25) is 17.6 Å². The van der Waals surface area contributed by atoms with Crippen LogP contribution in [0.2, 0.25) is 0 Å². The van der Waals surface area contributed by atoms with Gasteiger partial charge in [0.1, 0.15) is 11.5 Å². The van der Waals surface area contributed by atoms with E-state index in [0.717, 1.165) is 17.0 Å². The zero-order chi connectivity index (χ0) is 18.8. The smallest absolute Gasteiger partial charge is 0.232 e. The predicted octanol–water partition coefficient (Wildman–Crippen LogP) is 3.27. The number of methoxy groups -OCH3 is 2. The third kappa shape index (κ3) is 3.23. The average molecular weight is 365 g/mol. The highest BCUT2D eigenvalue weighted by Gasteiger charge is 2.36. The molecular formula is C20H19N3O4. The molecule has 7 nitrogen and oxygen atoms in total. The maximum Gasteiger partial charge on any atom is 0.232 e. The molecule has 0 spiro atoms. The van der Waals surface area contributed by atoms with Crippen LogP contribution in [0.1, 0.15) is 18.2 Å². The minimum absolute atomic E-state index is 0.00521. The van der Waals surface area contributed by atoms with Crippen LogP contribution >= 0.6 is 0 Å². The Hall–Kier alpha value is -3.35. The first-order valence-corrected chi connectivity index (χ1v) is 8.61. The van der Waals surface area contributed by atoms with Gasteiger partial charge in [-0.05, 0) is 24.3 Å². The number of hydrogen-bond acceptors (Lipinski definition) is 6. The van der Waals surface area contributed by atoms with Crippen LogP contribution in [0.15, 0.2) is 53.1 Å². The van der Waals surface area contributed by atoms with E-state index in [2.05, 4.69) is 10.1 Å². The fraction of sp³-hybridized carbons (Fsp3) is 0.250. The van der Waals surface area contributed by atoms with Gasteiger partial charge in [0.05, 0.1) is 25.8 Å². The van der Waals surface area contributed by atoms with Crippen LogP contribution in [-0.4, -0.2) is 36.8 Å². The number of para-hydroxylation sites is 2. The van der Waals surface area contributed by atoms with Crippen molar-refractivity contribution in [1.82, 2.24) is 10.1 Å². The third-order valence-electron chi connectivity index (χ3n) is 4.62. The van der Waals surface area contributed by atoms with Gasteiger partial charge in [0.15, 0.2) is 0 Å². The van der Waals surface area contributed by atoms with Crippen molar-refractivity contribution in [2.45, 2.75) is 12.3 Å². The summed E-state index contributed by atoms with van der Waals surface area (Å²) in [4.78, 5) is 18.8. The number of rotatable bonds is 5. The predicted molar refractivity (Wildman–Crippen MR) is 99.0 cm³/mol. The molecule has 3 aromatic rings. The first-order chi connectivity index (χ1) is 13.2. The zero-order valence-electron chi connectivity index (χ0n) is 15.1. The van der Waals surface area contributed by atoms with E-state index in [-0.39, 0.29) is 11.8 Å². The molecule has 1 unspecified atom stereocenters. The van der Waals surface area contributed by atoms with Crippen LogP contribution in [0.5, 0.6) is 11.5 Å². The van der Waals surface area contributed by atoms with Crippen molar-refractivity contribution in [1.29, 1.82) is 0 Å². The van der Waals surface area contributed by atoms with E-state index in [1.807, 2.05) is 48.5 Å². The van der Waals surface area contributed by atoms with E-state index in [0.29, 0.717) is 30.4 Å². The van der Waals surface area contributed by atoms with Gasteiger partial charge in [-0.1, -0.05) is 29.4 Å². The maximum atomic E-state index is 12.6. The van der Waals surface area contributed by atoms with Crippen LogP contribution in [0, 0.1) is 0 Å². The first-order valence-electron chi connectivity index (χ1n) is 8.61. The van der Waals surface area contributed by atoms with E-state index in [9.17, 15) is 4.79 Å². The molecule has 1 amide bonds. The number of nitrogens with zero attached hydrogens (tertiary/aromatic N) is 3. The number of aromatic nitrogens is 2. The molecule has 138 valence electrons. The Labute approximate surface area is 156 Å². The standard InChI is InChI=1S/C20H19N3O4/c1-25-15-7-5-6-13(10-15)19-21-20(27-22-19)14-11-18(24)23(12-14)16-8-3-4-9-17(16)26-2/h3-10,14H,11-12H2,1-2H3. The maximum absolute atomic E-state index is 12.6. The topological polar surface area (TPSA) is 77.7 Å². The molecule has 1 aliphatic heterocycles. The Morgan fingerprint density at radius 3 is 2.78 bits per heavy atom. The van der Waals surface area contributed by atoms with Crippen LogP contribution in [-0.2, 0) is 4.79 Å². The SMILES string of the molecule is COc1cccc(-c2noc(C3CC(=O)N(c4ccccc4OC)C3)n2)c1. The van der Waals surface area contributed by atoms with Crippen molar-refractivity contribution in [3.05, 3.63) is 54.4 Å². The van der Waals surface area contributed by atoms with Gasteiger partial charge < -0.3 is 18.9 Å². The van der Waals surface area contributed by atoms with Crippen molar-refractivity contribution in [2.75, 3.05) is 25.7 Å². The summed E-state index contributed by atoms with van der Waals surface area (Å²) in [7, 11) is 3.20. The molecular weight excluding hydrogens is 346 g/mol. The number of benzene rings is 2. The lowest BCUT2D eigenvalue weighted by Crippen LogP contribution is -2.24. The summed E-state index contributed by atoms with van der Waals surface area (Å²) >= 11 is 0. The van der Waals surface area contributed by atoms with E-state index in [1.165, 1.54) is 0 Å². The van der Waals surface area contributed by atoms with Gasteiger partial charge in [-0.3, -0.25) is 4.79 Å². The summed E-state index contributed by atoms with van der Waals surface area (Å²) in [6.07, 6.45) is 0.317. The number of carbonyl (C=O) groups is 1. The fourth-order valence-electron chi connectivity index (χ4n) is 3.24. The van der Waals surface area contributed by atoms with Gasteiger partial charge in [0.25, 0.3) is 0 Å². The Bertz CT molecular complexity index is 969. The molecule has 1 aromatic heterocycles. The largest absolute Gasteiger partial charge is 0.497 e. The molecule has 1 atom stereocenters. The van der Waals surface area contributed by atoms with Crippen molar-refractivity contribution >= 4 is 11.6 Å². The average Bonchev–Trinajstić information content (AvgIpc) is 3.35. The zero-order valence-corrected chi connectivity index (χ0v) is 15.1. The van der Waals surface area contributed by atoms with Crippen molar-refractivity contribution < 1.29 is 18.8 Å². The number of amides is 1. The Morgan fingerprint density at radius 1 is 1.11 bits per heavy atom. The normalized spacial score (nSPS) is 16.6. The summed E-state index contributed by atoms with van der Waals surface area (Å²) < 4.78 is 16.1. The minimum atomic E-state index is -0.158. The number of anilines is 1. The molecule has 7 heteroatoms. The van der Waals surface area contributed by atoms with Crippen LogP contribution in [0.4, 0.5) is 5.69 Å². The molecule has 4 rings (SSSR count). The summed E-state index contributed by atoms with van der Waals surface area (Å²) in [5.74, 6) is 2.16. The third-order valence-corrected chi connectivity index (χ3v) is 4.62. The molecule has 0 aliphatic carbocycles. The second-order valence-electron chi connectivity index (χ2n) is 6.27. The summed E-state index contributed by atoms with van der Waals surface area (Å²) in [5.41, 5.74) is 1.55. The van der Waals surface area contributed by atoms with Gasteiger partial charge in [0, 0.05) is 18.5 Å². The molecule has 27 heavy (non-hydrogen) atoms. The van der Waals surface area contributed by atoms with E-state index >= 15 is 0 Å². The van der Waals surface area contributed by atoms with Crippen LogP contribution < -0.4 is 14.4 Å². The number of carbonyl (C=O) groups excluding carboxylic acids is 1. The van der Waals surface area contributed by atoms with Crippen molar-refractivity contribution in [3.8, 4) is 22.9 Å². The second-order valence-corrected chi connectivity index (χ2v) is 6.27. The van der Waals surface area contributed by atoms with Gasteiger partial charge in [-0.25, -0.2) is 0 Å². The quantitative estimate of drug-likeness (QED) is 0.691. The molecule has 1 saturated heterocycles. The first kappa shape index (κ1) is 17.1. The summed E-state index contributed by atoms with van der Waals surface area (Å²) in [5, 5.41) is 4.07. The van der Waals surface area contributed by atoms with E-state index in [1.54, 1.807) is 19.1 Å². The summed E-state index contributed by atoms with van der Waals surface area (Å²) in [6.45, 7) is 0.471. The van der Waals surface area contributed by atoms with Crippen LogP contribution in [0.3, 0.4) is 0 Å². The van der Waals surface area contributed by atoms with E-state index in [4.69, 9.17) is 14.0 Å². The highest BCUT2D eigenvalue weighted by molar-refractivity contribution is 5.97. The minimum Gasteiger partial charge on any atom is -0.497 e. The molecule has 0 saturated carbocycles. The lowest BCUT2D eigenvalue weighted by Gasteiger charge is -2.18. The number of hydrogen-bond donors (Lipinski definition) is 0. The highest BCUT2D eigenvalue weighted by Crippen LogP contribution is 2.36. The Morgan fingerprint density at radius 2 is 1.96 bits per heavy atom. The molecule has 1 fully saturated rings. The lowest BCUT2D eigenvalue weighted by atomic mass is 10.1.